The minimum atomic E-state index is -0.436. The molecule has 0 bridgehead atoms. The zero-order valence-electron chi connectivity index (χ0n) is 8.62. The van der Waals surface area contributed by atoms with E-state index < -0.39 is 4.92 Å². The van der Waals surface area contributed by atoms with Gasteiger partial charge in [-0.3, -0.25) is 10.1 Å². The van der Waals surface area contributed by atoms with Gasteiger partial charge in [-0.2, -0.15) is 5.10 Å². The van der Waals surface area contributed by atoms with E-state index in [1.807, 2.05) is 6.92 Å². The molecule has 0 aliphatic rings. The Hall–Kier alpha value is -2.37. The summed E-state index contributed by atoms with van der Waals surface area (Å²) in [5.74, 6) is 0.427. The molecule has 6 heteroatoms. The van der Waals surface area contributed by atoms with E-state index >= 15 is 0 Å². The van der Waals surface area contributed by atoms with Gasteiger partial charge in [0, 0.05) is 23.9 Å². The second-order valence-corrected chi connectivity index (χ2v) is 3.40. The molecule has 1 aromatic carbocycles. The molecule has 16 heavy (non-hydrogen) atoms. The molecule has 2 N–H and O–H groups in total. The van der Waals surface area contributed by atoms with Gasteiger partial charge in [0.15, 0.2) is 0 Å². The van der Waals surface area contributed by atoms with Crippen LogP contribution in [0, 0.1) is 17.0 Å². The maximum Gasteiger partial charge on any atom is 0.269 e. The number of non-ortho nitro benzene ring substituents is 1. The Bertz CT molecular complexity index is 530. The highest BCUT2D eigenvalue weighted by molar-refractivity contribution is 5.43. The van der Waals surface area contributed by atoms with Crippen LogP contribution in [0.3, 0.4) is 0 Å². The lowest BCUT2D eigenvalue weighted by molar-refractivity contribution is -0.384. The van der Waals surface area contributed by atoms with Crippen molar-refractivity contribution in [2.45, 2.75) is 6.92 Å². The number of rotatable bonds is 2. The molecule has 0 aliphatic carbocycles. The third-order valence-corrected chi connectivity index (χ3v) is 2.21. The fourth-order valence-electron chi connectivity index (χ4n) is 1.48. The van der Waals surface area contributed by atoms with Crippen LogP contribution in [-0.4, -0.2) is 14.7 Å². The van der Waals surface area contributed by atoms with E-state index in [-0.39, 0.29) is 5.69 Å². The predicted octanol–water partition coefficient (Wildman–Crippen LogP) is 1.67. The van der Waals surface area contributed by atoms with Crippen LogP contribution in [0.1, 0.15) is 5.69 Å². The molecule has 0 spiro atoms. The smallest absolute Gasteiger partial charge is 0.269 e. The van der Waals surface area contributed by atoms with Gasteiger partial charge in [-0.25, -0.2) is 4.68 Å². The SMILES string of the molecule is Cc1cc(N)nn1-c1ccc([N+](=O)[O-])cc1. The summed E-state index contributed by atoms with van der Waals surface area (Å²) in [6.07, 6.45) is 0. The number of nitrogens with zero attached hydrogens (tertiary/aromatic N) is 3. The van der Waals surface area contributed by atoms with E-state index in [2.05, 4.69) is 5.10 Å². The van der Waals surface area contributed by atoms with Crippen molar-refractivity contribution in [3.05, 3.63) is 46.1 Å². The zero-order chi connectivity index (χ0) is 11.7. The van der Waals surface area contributed by atoms with Gasteiger partial charge in [-0.1, -0.05) is 0 Å². The Balaban J connectivity index is 2.42. The highest BCUT2D eigenvalue weighted by Crippen LogP contribution is 2.17. The number of hydrogen-bond acceptors (Lipinski definition) is 4. The lowest BCUT2D eigenvalue weighted by atomic mass is 10.3. The molecule has 2 rings (SSSR count). The predicted molar refractivity (Wildman–Crippen MR) is 59.4 cm³/mol. The topological polar surface area (TPSA) is 87.0 Å². The quantitative estimate of drug-likeness (QED) is 0.613. The highest BCUT2D eigenvalue weighted by Gasteiger charge is 2.07. The molecule has 1 aromatic heterocycles. The zero-order valence-corrected chi connectivity index (χ0v) is 8.62. The number of hydrogen-bond donors (Lipinski definition) is 1. The van der Waals surface area contributed by atoms with Gasteiger partial charge in [0.2, 0.25) is 0 Å². The van der Waals surface area contributed by atoms with Crippen molar-refractivity contribution in [2.24, 2.45) is 0 Å². The Labute approximate surface area is 91.5 Å². The Morgan fingerprint density at radius 1 is 1.38 bits per heavy atom. The summed E-state index contributed by atoms with van der Waals surface area (Å²) < 4.78 is 1.64. The van der Waals surface area contributed by atoms with Crippen molar-refractivity contribution in [1.29, 1.82) is 0 Å². The van der Waals surface area contributed by atoms with Gasteiger partial charge < -0.3 is 5.73 Å². The summed E-state index contributed by atoms with van der Waals surface area (Å²) in [6, 6.07) is 7.88. The molecule has 0 amide bonds. The molecule has 0 fully saturated rings. The average molecular weight is 218 g/mol. The van der Waals surface area contributed by atoms with Crippen molar-refractivity contribution in [3.8, 4) is 5.69 Å². The number of nitro benzene ring substituents is 1. The minimum Gasteiger partial charge on any atom is -0.382 e. The van der Waals surface area contributed by atoms with Gasteiger partial charge in [0.05, 0.1) is 10.6 Å². The first-order valence-corrected chi connectivity index (χ1v) is 4.65. The normalized spacial score (nSPS) is 10.3. The summed E-state index contributed by atoms with van der Waals surface area (Å²) in [5, 5.41) is 14.6. The van der Waals surface area contributed by atoms with Crippen molar-refractivity contribution >= 4 is 11.5 Å². The second-order valence-electron chi connectivity index (χ2n) is 3.40. The third-order valence-electron chi connectivity index (χ3n) is 2.21. The standard InChI is InChI=1S/C10H10N4O2/c1-7-6-10(11)12-13(7)8-2-4-9(5-3-8)14(15)16/h2-6H,1H3,(H2,11,12). The highest BCUT2D eigenvalue weighted by atomic mass is 16.6. The molecule has 0 radical (unpaired) electrons. The molecule has 0 atom stereocenters. The summed E-state index contributed by atoms with van der Waals surface area (Å²) in [5.41, 5.74) is 7.24. The maximum absolute atomic E-state index is 10.5. The number of nitrogens with two attached hydrogens (primary N) is 1. The number of aromatic nitrogens is 2. The molecule has 2 aromatic rings. The van der Waals surface area contributed by atoms with Crippen molar-refractivity contribution in [1.82, 2.24) is 9.78 Å². The number of aryl methyl sites for hydroxylation is 1. The van der Waals surface area contributed by atoms with Crippen LogP contribution in [-0.2, 0) is 0 Å². The van der Waals surface area contributed by atoms with Gasteiger partial charge in [0.25, 0.3) is 5.69 Å². The first-order chi connectivity index (χ1) is 7.58. The van der Waals surface area contributed by atoms with Crippen LogP contribution in [0.15, 0.2) is 30.3 Å². The van der Waals surface area contributed by atoms with E-state index in [4.69, 9.17) is 5.73 Å². The van der Waals surface area contributed by atoms with E-state index in [9.17, 15) is 10.1 Å². The number of nitrogen functional groups attached to an aromatic ring is 1. The van der Waals surface area contributed by atoms with Gasteiger partial charge in [0.1, 0.15) is 5.82 Å². The van der Waals surface area contributed by atoms with Gasteiger partial charge in [-0.05, 0) is 19.1 Å². The van der Waals surface area contributed by atoms with Crippen LogP contribution < -0.4 is 5.73 Å². The summed E-state index contributed by atoms with van der Waals surface area (Å²) >= 11 is 0. The summed E-state index contributed by atoms with van der Waals surface area (Å²) in [4.78, 5) is 10.0. The largest absolute Gasteiger partial charge is 0.382 e. The van der Waals surface area contributed by atoms with Crippen LogP contribution in [0.2, 0.25) is 0 Å². The van der Waals surface area contributed by atoms with Crippen molar-refractivity contribution < 1.29 is 4.92 Å². The lowest BCUT2D eigenvalue weighted by Gasteiger charge is -2.02. The molecule has 0 saturated heterocycles. The van der Waals surface area contributed by atoms with Crippen LogP contribution in [0.25, 0.3) is 5.69 Å². The molecular weight excluding hydrogens is 208 g/mol. The van der Waals surface area contributed by atoms with E-state index in [1.54, 1.807) is 22.9 Å². The number of benzene rings is 1. The molecule has 0 aliphatic heterocycles. The molecule has 6 nitrogen and oxygen atoms in total. The average Bonchev–Trinajstić information content (AvgIpc) is 2.58. The first-order valence-electron chi connectivity index (χ1n) is 4.65. The minimum absolute atomic E-state index is 0.0570. The molecule has 0 saturated carbocycles. The molecule has 82 valence electrons. The van der Waals surface area contributed by atoms with Crippen LogP contribution in [0.5, 0.6) is 0 Å². The van der Waals surface area contributed by atoms with E-state index in [0.29, 0.717) is 5.82 Å². The second kappa shape index (κ2) is 3.65. The van der Waals surface area contributed by atoms with Gasteiger partial charge in [-0.15, -0.1) is 0 Å². The van der Waals surface area contributed by atoms with Crippen molar-refractivity contribution in [2.75, 3.05) is 5.73 Å². The first kappa shape index (κ1) is 10.2. The lowest BCUT2D eigenvalue weighted by Crippen LogP contribution is -1.99. The molecule has 0 unspecified atom stereocenters. The van der Waals surface area contributed by atoms with Crippen molar-refractivity contribution in [3.63, 3.8) is 0 Å². The Morgan fingerprint density at radius 2 is 2.00 bits per heavy atom. The number of nitro groups is 1. The maximum atomic E-state index is 10.5. The third kappa shape index (κ3) is 1.72. The van der Waals surface area contributed by atoms with Gasteiger partial charge >= 0.3 is 0 Å². The fourth-order valence-corrected chi connectivity index (χ4v) is 1.48. The molecule has 1 heterocycles. The fraction of sp³-hybridized carbons (Fsp3) is 0.100. The van der Waals surface area contributed by atoms with Crippen LogP contribution >= 0.6 is 0 Å². The molecular formula is C10H10N4O2. The summed E-state index contributed by atoms with van der Waals surface area (Å²) in [7, 11) is 0. The Morgan fingerprint density at radius 3 is 2.44 bits per heavy atom. The van der Waals surface area contributed by atoms with E-state index in [0.717, 1.165) is 11.4 Å². The summed E-state index contributed by atoms with van der Waals surface area (Å²) in [6.45, 7) is 1.87. The van der Waals surface area contributed by atoms with Crippen LogP contribution in [0.4, 0.5) is 11.5 Å². The Kier molecular flexibility index (Phi) is 2.32. The van der Waals surface area contributed by atoms with E-state index in [1.165, 1.54) is 12.1 Å². The number of anilines is 1. The monoisotopic (exact) mass is 218 g/mol.